The van der Waals surface area contributed by atoms with E-state index < -0.39 is 0 Å². The van der Waals surface area contributed by atoms with Crippen molar-refractivity contribution < 1.29 is 4.74 Å². The number of nitrogens with one attached hydrogen (secondary N) is 2. The Labute approximate surface area is 185 Å². The van der Waals surface area contributed by atoms with Gasteiger partial charge in [0.1, 0.15) is 15.7 Å². The molecule has 0 aliphatic carbocycles. The van der Waals surface area contributed by atoms with E-state index in [1.165, 1.54) is 0 Å². The largest absolute Gasteiger partial charge is 0.390 e. The molecule has 0 radical (unpaired) electrons. The number of aromatic amines is 1. The van der Waals surface area contributed by atoms with Crippen molar-refractivity contribution in [3.05, 3.63) is 50.5 Å². The highest BCUT2D eigenvalue weighted by atomic mass is 35.5. The summed E-state index contributed by atoms with van der Waals surface area (Å²) in [6.45, 7) is 4.37. The Morgan fingerprint density at radius 2 is 2.10 bits per heavy atom. The average molecular weight is 447 g/mol. The zero-order chi connectivity index (χ0) is 21.3. The van der Waals surface area contributed by atoms with Gasteiger partial charge in [0.2, 0.25) is 5.95 Å². The molecule has 0 bridgehead atoms. The molecule has 8 nitrogen and oxygen atoms in total. The van der Waals surface area contributed by atoms with Gasteiger partial charge in [-0.1, -0.05) is 29.3 Å². The van der Waals surface area contributed by atoms with E-state index in [-0.39, 0.29) is 11.0 Å². The number of fused-ring (bicyclic) bond motifs is 1. The van der Waals surface area contributed by atoms with E-state index in [1.807, 2.05) is 10.6 Å². The lowest BCUT2D eigenvalue weighted by Crippen LogP contribution is -2.53. The maximum atomic E-state index is 12.7. The van der Waals surface area contributed by atoms with Gasteiger partial charge in [-0.05, 0) is 17.7 Å². The Balaban J connectivity index is 1.45. The first-order valence-corrected chi connectivity index (χ1v) is 10.6. The fourth-order valence-electron chi connectivity index (χ4n) is 3.63. The predicted molar refractivity (Wildman–Crippen MR) is 124 cm³/mol. The second kappa shape index (κ2) is 8.63. The van der Waals surface area contributed by atoms with E-state index in [0.717, 1.165) is 25.2 Å². The predicted octanol–water partition coefficient (Wildman–Crippen LogP) is 0.291. The number of morpholine rings is 1. The summed E-state index contributed by atoms with van der Waals surface area (Å²) in [7, 11) is 4.18. The SMILES string of the molecule is BC1(B)CN(CCn2cnc3nc(NCc4ccc(Cl)c(Cl)c4)[nH]c(=O)c32)CCO1. The van der Waals surface area contributed by atoms with E-state index >= 15 is 0 Å². The topological polar surface area (TPSA) is 88.1 Å². The molecule has 156 valence electrons. The summed E-state index contributed by atoms with van der Waals surface area (Å²) < 4.78 is 7.61. The zero-order valence-electron chi connectivity index (χ0n) is 16.9. The number of rotatable bonds is 6. The third kappa shape index (κ3) is 4.83. The zero-order valence-corrected chi connectivity index (χ0v) is 18.4. The summed E-state index contributed by atoms with van der Waals surface area (Å²) in [6.07, 6.45) is 1.67. The average Bonchev–Trinajstić information content (AvgIpc) is 3.10. The maximum absolute atomic E-state index is 12.7. The Morgan fingerprint density at radius 3 is 2.87 bits per heavy atom. The molecule has 2 N–H and O–H groups in total. The van der Waals surface area contributed by atoms with Crippen molar-refractivity contribution in [3.8, 4) is 0 Å². The third-order valence-corrected chi connectivity index (χ3v) is 5.83. The number of hydrogen-bond donors (Lipinski definition) is 2. The molecular formula is C18H22B2Cl2N6O2. The number of ether oxygens (including phenoxy) is 1. The van der Waals surface area contributed by atoms with Crippen molar-refractivity contribution in [2.24, 2.45) is 0 Å². The van der Waals surface area contributed by atoms with Crippen LogP contribution in [0.15, 0.2) is 29.3 Å². The lowest BCUT2D eigenvalue weighted by Gasteiger charge is -2.38. The Kier molecular flexibility index (Phi) is 6.11. The van der Waals surface area contributed by atoms with Crippen LogP contribution < -0.4 is 10.9 Å². The Bertz CT molecular complexity index is 1120. The maximum Gasteiger partial charge on any atom is 0.278 e. The van der Waals surface area contributed by atoms with Crippen molar-refractivity contribution in [3.63, 3.8) is 0 Å². The van der Waals surface area contributed by atoms with E-state index in [0.29, 0.717) is 46.9 Å². The van der Waals surface area contributed by atoms with Crippen LogP contribution >= 0.6 is 23.2 Å². The second-order valence-electron chi connectivity index (χ2n) is 8.01. The van der Waals surface area contributed by atoms with E-state index in [9.17, 15) is 4.79 Å². The summed E-state index contributed by atoms with van der Waals surface area (Å²) in [5.41, 5.74) is 1.59. The molecule has 3 aromatic rings. The second-order valence-corrected chi connectivity index (χ2v) is 8.83. The molecule has 0 spiro atoms. The van der Waals surface area contributed by atoms with Crippen LogP contribution in [0.1, 0.15) is 5.56 Å². The van der Waals surface area contributed by atoms with Crippen molar-refractivity contribution in [2.75, 3.05) is 31.6 Å². The van der Waals surface area contributed by atoms with Crippen molar-refractivity contribution in [2.45, 2.75) is 18.5 Å². The number of nitrogens with zero attached hydrogens (tertiary/aromatic N) is 4. The van der Waals surface area contributed by atoms with Crippen LogP contribution in [0.2, 0.25) is 10.0 Å². The fraction of sp³-hybridized carbons (Fsp3) is 0.389. The highest BCUT2D eigenvalue weighted by Crippen LogP contribution is 2.23. The van der Waals surface area contributed by atoms with Gasteiger partial charge in [0.25, 0.3) is 5.56 Å². The molecular weight excluding hydrogens is 425 g/mol. The smallest absolute Gasteiger partial charge is 0.278 e. The number of imidazole rings is 1. The third-order valence-electron chi connectivity index (χ3n) is 5.09. The number of hydrogen-bond acceptors (Lipinski definition) is 6. The molecule has 1 fully saturated rings. The van der Waals surface area contributed by atoms with Gasteiger partial charge in [0.05, 0.1) is 23.0 Å². The highest BCUT2D eigenvalue weighted by Gasteiger charge is 2.26. The molecule has 12 heteroatoms. The molecule has 0 atom stereocenters. The van der Waals surface area contributed by atoms with Gasteiger partial charge in [-0.25, -0.2) is 4.98 Å². The number of benzene rings is 1. The number of aromatic nitrogens is 4. The minimum atomic E-state index is -0.226. The van der Waals surface area contributed by atoms with Crippen LogP contribution in [0.4, 0.5) is 5.95 Å². The molecule has 0 amide bonds. The summed E-state index contributed by atoms with van der Waals surface area (Å²) in [5.74, 6) is 0.360. The number of H-pyrrole nitrogens is 1. The minimum absolute atomic E-state index is 0.150. The van der Waals surface area contributed by atoms with Gasteiger partial charge < -0.3 is 14.6 Å². The Hall–Kier alpha value is -2.00. The van der Waals surface area contributed by atoms with E-state index in [1.54, 1.807) is 18.5 Å². The van der Waals surface area contributed by atoms with Crippen molar-refractivity contribution in [1.29, 1.82) is 0 Å². The first kappa shape index (κ1) is 21.2. The van der Waals surface area contributed by atoms with E-state index in [4.69, 9.17) is 27.9 Å². The van der Waals surface area contributed by atoms with Crippen LogP contribution in [0.3, 0.4) is 0 Å². The summed E-state index contributed by atoms with van der Waals surface area (Å²) >= 11 is 12.0. The molecule has 1 aliphatic rings. The monoisotopic (exact) mass is 446 g/mol. The molecule has 0 saturated carbocycles. The molecule has 4 rings (SSSR count). The molecule has 1 aliphatic heterocycles. The summed E-state index contributed by atoms with van der Waals surface area (Å²) in [6, 6.07) is 5.37. The highest BCUT2D eigenvalue weighted by molar-refractivity contribution is 6.42. The summed E-state index contributed by atoms with van der Waals surface area (Å²) in [5, 5.41) is 3.93. The quantitative estimate of drug-likeness (QED) is 0.529. The molecule has 1 aromatic carbocycles. The van der Waals surface area contributed by atoms with E-state index in [2.05, 4.69) is 40.9 Å². The van der Waals surface area contributed by atoms with Gasteiger partial charge in [-0.15, -0.1) is 0 Å². The first-order chi connectivity index (χ1) is 14.3. The van der Waals surface area contributed by atoms with Crippen LogP contribution in [0.5, 0.6) is 0 Å². The van der Waals surface area contributed by atoms with Crippen LogP contribution in [0.25, 0.3) is 11.2 Å². The van der Waals surface area contributed by atoms with Crippen molar-refractivity contribution in [1.82, 2.24) is 24.4 Å². The summed E-state index contributed by atoms with van der Waals surface area (Å²) in [4.78, 5) is 26.6. The van der Waals surface area contributed by atoms with Gasteiger partial charge in [-0.3, -0.25) is 14.7 Å². The van der Waals surface area contributed by atoms with Gasteiger partial charge in [0.15, 0.2) is 11.2 Å². The van der Waals surface area contributed by atoms with Crippen LogP contribution in [-0.4, -0.2) is 71.8 Å². The van der Waals surface area contributed by atoms with Gasteiger partial charge in [-0.2, -0.15) is 4.98 Å². The minimum Gasteiger partial charge on any atom is -0.390 e. The molecule has 1 saturated heterocycles. The lowest BCUT2D eigenvalue weighted by atomic mass is 9.64. The Morgan fingerprint density at radius 1 is 1.27 bits per heavy atom. The lowest BCUT2D eigenvalue weighted by molar-refractivity contribution is -0.0115. The standard InChI is InChI=1S/C18H22B2Cl2N6O2/c19-18(20)9-27(5-6-30-18)3-4-28-10-24-15-14(28)16(29)26-17(25-15)23-8-11-1-2-12(21)13(22)7-11/h1-2,7,10H,3-6,8-9,19-20H2,(H2,23,25,26,29). The van der Waals surface area contributed by atoms with Crippen molar-refractivity contribution >= 4 is 56.0 Å². The van der Waals surface area contributed by atoms with Crippen LogP contribution in [-0.2, 0) is 17.8 Å². The van der Waals surface area contributed by atoms with Crippen LogP contribution in [0, 0.1) is 0 Å². The normalized spacial score (nSPS) is 16.7. The first-order valence-electron chi connectivity index (χ1n) is 9.80. The number of halogens is 2. The van der Waals surface area contributed by atoms with Gasteiger partial charge >= 0.3 is 0 Å². The number of anilines is 1. The molecule has 3 heterocycles. The molecule has 0 unspecified atom stereocenters. The molecule has 30 heavy (non-hydrogen) atoms. The van der Waals surface area contributed by atoms with Gasteiger partial charge in [0, 0.05) is 38.1 Å². The molecule has 2 aromatic heterocycles. The fourth-order valence-corrected chi connectivity index (χ4v) is 3.95.